The predicted molar refractivity (Wildman–Crippen MR) is 71.1 cm³/mol. The Labute approximate surface area is 112 Å². The number of thiazole rings is 1. The summed E-state index contributed by atoms with van der Waals surface area (Å²) in [6, 6.07) is 0. The Hall–Kier alpha value is -0.490. The summed E-state index contributed by atoms with van der Waals surface area (Å²) < 4.78 is 10.7. The van der Waals surface area contributed by atoms with E-state index >= 15 is 0 Å². The minimum absolute atomic E-state index is 0.0620. The largest absolute Gasteiger partial charge is 0.383 e. The van der Waals surface area contributed by atoms with Gasteiger partial charge in [-0.15, -0.1) is 11.3 Å². The quantitative estimate of drug-likeness (QED) is 0.822. The molecule has 4 nitrogen and oxygen atoms in total. The van der Waals surface area contributed by atoms with E-state index in [-0.39, 0.29) is 5.54 Å². The number of nitrogens with zero attached hydrogens (tertiary/aromatic N) is 1. The third-order valence-electron chi connectivity index (χ3n) is 3.80. The first kappa shape index (κ1) is 12.5. The first-order valence-corrected chi connectivity index (χ1v) is 7.46. The SMILES string of the molecule is COCCNC1(c2nc3c(s2)CCC3)CCOC1. The van der Waals surface area contributed by atoms with E-state index in [2.05, 4.69) is 5.32 Å². The fourth-order valence-corrected chi connectivity index (χ4v) is 4.07. The molecule has 0 spiro atoms. The van der Waals surface area contributed by atoms with Crippen LogP contribution in [0.1, 0.15) is 28.4 Å². The van der Waals surface area contributed by atoms with Crippen molar-refractivity contribution in [2.24, 2.45) is 0 Å². The third-order valence-corrected chi connectivity index (χ3v) is 5.16. The van der Waals surface area contributed by atoms with Gasteiger partial charge in [-0.05, 0) is 25.7 Å². The summed E-state index contributed by atoms with van der Waals surface area (Å²) >= 11 is 1.88. The molecular formula is C13H20N2O2S. The van der Waals surface area contributed by atoms with Crippen LogP contribution in [0.3, 0.4) is 0 Å². The number of rotatable bonds is 5. The van der Waals surface area contributed by atoms with E-state index < -0.39 is 0 Å². The summed E-state index contributed by atoms with van der Waals surface area (Å²) in [6.45, 7) is 3.14. The molecule has 18 heavy (non-hydrogen) atoms. The molecule has 0 bridgehead atoms. The van der Waals surface area contributed by atoms with E-state index in [1.807, 2.05) is 11.3 Å². The molecule has 1 atom stereocenters. The van der Waals surface area contributed by atoms with Crippen molar-refractivity contribution in [3.63, 3.8) is 0 Å². The van der Waals surface area contributed by atoms with Gasteiger partial charge in [-0.1, -0.05) is 0 Å². The molecule has 2 aliphatic rings. The smallest absolute Gasteiger partial charge is 0.116 e. The molecule has 1 N–H and O–H groups in total. The Kier molecular flexibility index (Phi) is 3.66. The van der Waals surface area contributed by atoms with Crippen LogP contribution < -0.4 is 5.32 Å². The van der Waals surface area contributed by atoms with Crippen molar-refractivity contribution in [3.8, 4) is 0 Å². The molecule has 100 valence electrons. The summed E-state index contributed by atoms with van der Waals surface area (Å²) in [5, 5.41) is 4.82. The highest BCUT2D eigenvalue weighted by Gasteiger charge is 2.40. The van der Waals surface area contributed by atoms with Gasteiger partial charge in [0.15, 0.2) is 0 Å². The van der Waals surface area contributed by atoms with Crippen molar-refractivity contribution in [3.05, 3.63) is 15.6 Å². The molecule has 0 radical (unpaired) electrons. The molecule has 1 aromatic heterocycles. The average molecular weight is 268 g/mol. The lowest BCUT2D eigenvalue weighted by Crippen LogP contribution is -2.44. The van der Waals surface area contributed by atoms with Crippen molar-refractivity contribution < 1.29 is 9.47 Å². The first-order valence-electron chi connectivity index (χ1n) is 6.65. The fraction of sp³-hybridized carbons (Fsp3) is 0.769. The highest BCUT2D eigenvalue weighted by atomic mass is 32.1. The molecule has 1 unspecified atom stereocenters. The fourth-order valence-electron chi connectivity index (χ4n) is 2.74. The number of aromatic nitrogens is 1. The Balaban J connectivity index is 1.79. The van der Waals surface area contributed by atoms with Crippen molar-refractivity contribution in [2.75, 3.05) is 33.5 Å². The summed E-state index contributed by atoms with van der Waals surface area (Å²) in [5.41, 5.74) is 1.27. The van der Waals surface area contributed by atoms with Gasteiger partial charge in [0, 0.05) is 25.1 Å². The molecule has 1 aromatic rings. The summed E-state index contributed by atoms with van der Waals surface area (Å²) in [6.07, 6.45) is 4.65. The van der Waals surface area contributed by atoms with Crippen LogP contribution in [-0.2, 0) is 27.9 Å². The minimum Gasteiger partial charge on any atom is -0.383 e. The molecule has 0 saturated carbocycles. The van der Waals surface area contributed by atoms with Crippen LogP contribution in [0.15, 0.2) is 0 Å². The highest BCUT2D eigenvalue weighted by molar-refractivity contribution is 7.12. The number of hydrogen-bond acceptors (Lipinski definition) is 5. The lowest BCUT2D eigenvalue weighted by atomic mass is 10.00. The summed E-state index contributed by atoms with van der Waals surface area (Å²) in [4.78, 5) is 6.35. The second-order valence-corrected chi connectivity index (χ2v) is 6.13. The van der Waals surface area contributed by atoms with E-state index in [1.54, 1.807) is 7.11 Å². The molecule has 1 aliphatic carbocycles. The second-order valence-electron chi connectivity index (χ2n) is 5.05. The first-order chi connectivity index (χ1) is 8.84. The maximum absolute atomic E-state index is 5.61. The van der Waals surface area contributed by atoms with Gasteiger partial charge in [-0.25, -0.2) is 4.98 Å². The summed E-state index contributed by atoms with van der Waals surface area (Å²) in [5.74, 6) is 0. The average Bonchev–Trinajstić information content (AvgIpc) is 3.03. The molecule has 1 saturated heterocycles. The molecule has 1 aliphatic heterocycles. The number of nitrogens with one attached hydrogen (secondary N) is 1. The van der Waals surface area contributed by atoms with E-state index in [4.69, 9.17) is 14.5 Å². The topological polar surface area (TPSA) is 43.4 Å². The van der Waals surface area contributed by atoms with E-state index in [0.717, 1.165) is 39.2 Å². The van der Waals surface area contributed by atoms with Crippen molar-refractivity contribution in [1.29, 1.82) is 0 Å². The van der Waals surface area contributed by atoms with E-state index in [1.165, 1.54) is 28.4 Å². The van der Waals surface area contributed by atoms with Crippen LogP contribution in [0.4, 0.5) is 0 Å². The van der Waals surface area contributed by atoms with Crippen LogP contribution in [0, 0.1) is 0 Å². The molecule has 3 rings (SSSR count). The maximum Gasteiger partial charge on any atom is 0.116 e. The van der Waals surface area contributed by atoms with Crippen LogP contribution in [0.25, 0.3) is 0 Å². The Morgan fingerprint density at radius 1 is 1.50 bits per heavy atom. The van der Waals surface area contributed by atoms with E-state index in [9.17, 15) is 0 Å². The normalized spacial score (nSPS) is 26.7. The highest BCUT2D eigenvalue weighted by Crippen LogP contribution is 2.37. The molecule has 1 fully saturated rings. The van der Waals surface area contributed by atoms with Crippen molar-refractivity contribution in [2.45, 2.75) is 31.2 Å². The molecule has 5 heteroatoms. The second kappa shape index (κ2) is 5.25. The Morgan fingerprint density at radius 2 is 2.44 bits per heavy atom. The zero-order chi connectivity index (χ0) is 12.4. The predicted octanol–water partition coefficient (Wildman–Crippen LogP) is 1.48. The van der Waals surface area contributed by atoms with Crippen LogP contribution in [0.2, 0.25) is 0 Å². The van der Waals surface area contributed by atoms with Gasteiger partial charge in [0.2, 0.25) is 0 Å². The number of methoxy groups -OCH3 is 1. The molecule has 0 amide bonds. The lowest BCUT2D eigenvalue weighted by Gasteiger charge is -2.26. The van der Waals surface area contributed by atoms with Crippen LogP contribution in [0.5, 0.6) is 0 Å². The van der Waals surface area contributed by atoms with Gasteiger partial charge in [-0.2, -0.15) is 0 Å². The van der Waals surface area contributed by atoms with Gasteiger partial charge in [0.25, 0.3) is 0 Å². The van der Waals surface area contributed by atoms with Gasteiger partial charge in [0.05, 0.1) is 24.4 Å². The Bertz CT molecular complexity index is 392. The number of fused-ring (bicyclic) bond motifs is 1. The number of ether oxygens (including phenoxy) is 2. The van der Waals surface area contributed by atoms with Crippen LogP contribution >= 0.6 is 11.3 Å². The maximum atomic E-state index is 5.61. The van der Waals surface area contributed by atoms with Crippen molar-refractivity contribution >= 4 is 11.3 Å². The van der Waals surface area contributed by atoms with Gasteiger partial charge >= 0.3 is 0 Å². The van der Waals surface area contributed by atoms with Crippen LogP contribution in [-0.4, -0.2) is 38.5 Å². The number of hydrogen-bond donors (Lipinski definition) is 1. The molecule has 2 heterocycles. The van der Waals surface area contributed by atoms with Gasteiger partial charge in [0.1, 0.15) is 5.01 Å². The minimum atomic E-state index is -0.0620. The monoisotopic (exact) mass is 268 g/mol. The Morgan fingerprint density at radius 3 is 3.17 bits per heavy atom. The lowest BCUT2D eigenvalue weighted by molar-refractivity contribution is 0.152. The molecular weight excluding hydrogens is 248 g/mol. The van der Waals surface area contributed by atoms with Gasteiger partial charge in [-0.3, -0.25) is 0 Å². The third kappa shape index (κ3) is 2.20. The van der Waals surface area contributed by atoms with E-state index in [0.29, 0.717) is 0 Å². The van der Waals surface area contributed by atoms with Crippen molar-refractivity contribution in [1.82, 2.24) is 10.3 Å². The number of aryl methyl sites for hydroxylation is 2. The van der Waals surface area contributed by atoms with Gasteiger partial charge < -0.3 is 14.8 Å². The standard InChI is InChI=1S/C13H20N2O2S/c1-16-8-6-14-13(5-7-17-9-13)12-15-10-3-2-4-11(10)18-12/h14H,2-9H2,1H3. The zero-order valence-corrected chi connectivity index (χ0v) is 11.6. The summed E-state index contributed by atoms with van der Waals surface area (Å²) in [7, 11) is 1.73. The molecule has 0 aromatic carbocycles. The zero-order valence-electron chi connectivity index (χ0n) is 10.8.